The van der Waals surface area contributed by atoms with Crippen LogP contribution in [0.5, 0.6) is 0 Å². The number of nitrogens with zero attached hydrogens (tertiary/aromatic N) is 1. The van der Waals surface area contributed by atoms with Gasteiger partial charge in [-0.2, -0.15) is 5.26 Å². The van der Waals surface area contributed by atoms with Gasteiger partial charge in [-0.15, -0.1) is 0 Å². The molecule has 0 fully saturated rings. The molecule has 4 heteroatoms. The summed E-state index contributed by atoms with van der Waals surface area (Å²) in [6, 6.07) is 2.17. The van der Waals surface area contributed by atoms with Crippen molar-refractivity contribution < 1.29 is 4.84 Å². The average Bonchev–Trinajstić information content (AvgIpc) is 2.24. The number of allylic oxidation sites excluding steroid dienone is 7. The summed E-state index contributed by atoms with van der Waals surface area (Å²) in [7, 11) is 1.54. The quantitative estimate of drug-likeness (QED) is 0.799. The van der Waals surface area contributed by atoms with E-state index < -0.39 is 0 Å². The molecule has 0 radical (unpaired) electrons. The Bertz CT molecular complexity index is 386. The first-order valence-electron chi connectivity index (χ1n) is 4.40. The first kappa shape index (κ1) is 11.8. The monoisotopic (exact) mass is 266 g/mol. The lowest BCUT2D eigenvalue weighted by atomic mass is 9.99. The summed E-state index contributed by atoms with van der Waals surface area (Å²) in [6.45, 7) is 0. The van der Waals surface area contributed by atoms with Gasteiger partial charge in [0.05, 0.1) is 12.7 Å². The molecule has 0 atom stereocenters. The number of nitrogens with one attached hydrogen (secondary N) is 1. The van der Waals surface area contributed by atoms with Gasteiger partial charge in [-0.1, -0.05) is 18.2 Å². The predicted octanol–water partition coefficient (Wildman–Crippen LogP) is 2.71. The summed E-state index contributed by atoms with van der Waals surface area (Å²) in [4.78, 5) is 4.64. The smallest absolute Gasteiger partial charge is 0.101 e. The Labute approximate surface area is 97.5 Å². The van der Waals surface area contributed by atoms with Gasteiger partial charge in [0.2, 0.25) is 0 Å². The Balaban J connectivity index is 2.80. The zero-order valence-corrected chi connectivity index (χ0v) is 9.91. The maximum Gasteiger partial charge on any atom is 0.101 e. The fraction of sp³-hybridized carbons (Fsp3) is 0.182. The number of hydroxylamine groups is 1. The topological polar surface area (TPSA) is 45.0 Å². The van der Waals surface area contributed by atoms with Crippen LogP contribution in [0.25, 0.3) is 0 Å². The third kappa shape index (κ3) is 3.39. The van der Waals surface area contributed by atoms with E-state index in [4.69, 9.17) is 5.26 Å². The fourth-order valence-corrected chi connectivity index (χ4v) is 1.71. The van der Waals surface area contributed by atoms with Crippen molar-refractivity contribution in [3.8, 4) is 6.07 Å². The molecule has 0 aliphatic heterocycles. The van der Waals surface area contributed by atoms with Gasteiger partial charge in [0.25, 0.3) is 0 Å². The summed E-state index contributed by atoms with van der Waals surface area (Å²) in [5.74, 6) is 0. The molecular formula is C11H11BrN2O. The summed E-state index contributed by atoms with van der Waals surface area (Å²) < 4.78 is 0.829. The molecule has 0 spiro atoms. The van der Waals surface area contributed by atoms with Crippen molar-refractivity contribution in [1.82, 2.24) is 5.48 Å². The summed E-state index contributed by atoms with van der Waals surface area (Å²) in [5, 5.41) is 8.96. The minimum absolute atomic E-state index is 0.680. The minimum atomic E-state index is 0.680. The Kier molecular flexibility index (Phi) is 4.88. The van der Waals surface area contributed by atoms with Crippen LogP contribution in [-0.2, 0) is 4.84 Å². The largest absolute Gasteiger partial charge is 0.280 e. The lowest BCUT2D eigenvalue weighted by Gasteiger charge is -2.08. The zero-order chi connectivity index (χ0) is 11.1. The van der Waals surface area contributed by atoms with Crippen LogP contribution in [0, 0.1) is 11.3 Å². The van der Waals surface area contributed by atoms with Gasteiger partial charge in [-0.25, -0.2) is 0 Å². The SMILES string of the molecule is CON/C=C\C=C1/CC=CC(Br)=C1C#N. The lowest BCUT2D eigenvalue weighted by molar-refractivity contribution is 0.128. The molecule has 1 aliphatic carbocycles. The molecule has 1 rings (SSSR count). The fourth-order valence-electron chi connectivity index (χ4n) is 1.18. The molecule has 0 unspecified atom stereocenters. The molecule has 3 nitrogen and oxygen atoms in total. The van der Waals surface area contributed by atoms with E-state index in [-0.39, 0.29) is 0 Å². The van der Waals surface area contributed by atoms with Crippen molar-refractivity contribution in [2.75, 3.05) is 7.11 Å². The van der Waals surface area contributed by atoms with Gasteiger partial charge in [-0.3, -0.25) is 10.3 Å². The average molecular weight is 267 g/mol. The van der Waals surface area contributed by atoms with Gasteiger partial charge >= 0.3 is 0 Å². The van der Waals surface area contributed by atoms with Gasteiger partial charge < -0.3 is 0 Å². The van der Waals surface area contributed by atoms with E-state index in [0.29, 0.717) is 5.57 Å². The molecule has 1 N–H and O–H groups in total. The van der Waals surface area contributed by atoms with E-state index in [2.05, 4.69) is 32.3 Å². The maximum atomic E-state index is 8.96. The van der Waals surface area contributed by atoms with Crippen LogP contribution >= 0.6 is 15.9 Å². The van der Waals surface area contributed by atoms with Gasteiger partial charge in [0, 0.05) is 10.7 Å². The van der Waals surface area contributed by atoms with Crippen molar-refractivity contribution in [2.45, 2.75) is 6.42 Å². The summed E-state index contributed by atoms with van der Waals surface area (Å²) in [5.41, 5.74) is 4.25. The molecule has 0 heterocycles. The molecule has 0 amide bonds. The predicted molar refractivity (Wildman–Crippen MR) is 62.7 cm³/mol. The highest BCUT2D eigenvalue weighted by Gasteiger charge is 2.10. The first-order chi connectivity index (χ1) is 7.29. The molecule has 0 bridgehead atoms. The van der Waals surface area contributed by atoms with Crippen molar-refractivity contribution in [1.29, 1.82) is 5.26 Å². The van der Waals surface area contributed by atoms with E-state index in [1.165, 1.54) is 7.11 Å². The number of hydrogen-bond acceptors (Lipinski definition) is 3. The Morgan fingerprint density at radius 3 is 3.13 bits per heavy atom. The third-order valence-electron chi connectivity index (χ3n) is 1.85. The zero-order valence-electron chi connectivity index (χ0n) is 8.33. The molecule has 78 valence electrons. The Morgan fingerprint density at radius 1 is 1.67 bits per heavy atom. The third-order valence-corrected chi connectivity index (χ3v) is 2.51. The van der Waals surface area contributed by atoms with Crippen LogP contribution in [-0.4, -0.2) is 7.11 Å². The highest BCUT2D eigenvalue weighted by atomic mass is 79.9. The molecule has 0 aromatic rings. The normalized spacial score (nSPS) is 18.6. The molecular weight excluding hydrogens is 256 g/mol. The van der Waals surface area contributed by atoms with Gasteiger partial charge in [0.15, 0.2) is 0 Å². The van der Waals surface area contributed by atoms with E-state index in [0.717, 1.165) is 16.5 Å². The lowest BCUT2D eigenvalue weighted by Crippen LogP contribution is -2.00. The van der Waals surface area contributed by atoms with E-state index in [1.54, 1.807) is 12.3 Å². The van der Waals surface area contributed by atoms with Gasteiger partial charge in [0.1, 0.15) is 6.07 Å². The van der Waals surface area contributed by atoms with Crippen LogP contribution in [0.1, 0.15) is 6.42 Å². The molecule has 0 saturated heterocycles. The molecule has 15 heavy (non-hydrogen) atoms. The van der Waals surface area contributed by atoms with Crippen molar-refractivity contribution in [3.05, 3.63) is 46.1 Å². The molecule has 0 aromatic heterocycles. The van der Waals surface area contributed by atoms with E-state index in [1.807, 2.05) is 18.2 Å². The van der Waals surface area contributed by atoms with Crippen molar-refractivity contribution in [2.24, 2.45) is 0 Å². The van der Waals surface area contributed by atoms with Crippen LogP contribution < -0.4 is 5.48 Å². The number of rotatable bonds is 3. The molecule has 1 aliphatic rings. The van der Waals surface area contributed by atoms with Gasteiger partial charge in [-0.05, 0) is 34.0 Å². The Morgan fingerprint density at radius 2 is 2.47 bits per heavy atom. The first-order valence-corrected chi connectivity index (χ1v) is 5.20. The van der Waals surface area contributed by atoms with Crippen LogP contribution in [0.4, 0.5) is 0 Å². The Hall–Kier alpha value is -1.31. The second kappa shape index (κ2) is 6.23. The second-order valence-electron chi connectivity index (χ2n) is 2.81. The number of halogens is 1. The van der Waals surface area contributed by atoms with Crippen LogP contribution in [0.2, 0.25) is 0 Å². The summed E-state index contributed by atoms with van der Waals surface area (Å²) >= 11 is 3.34. The van der Waals surface area contributed by atoms with E-state index >= 15 is 0 Å². The van der Waals surface area contributed by atoms with Crippen LogP contribution in [0.3, 0.4) is 0 Å². The highest BCUT2D eigenvalue weighted by molar-refractivity contribution is 9.11. The van der Waals surface area contributed by atoms with Crippen molar-refractivity contribution in [3.63, 3.8) is 0 Å². The van der Waals surface area contributed by atoms with E-state index in [9.17, 15) is 0 Å². The maximum absolute atomic E-state index is 8.96. The molecule has 0 saturated carbocycles. The van der Waals surface area contributed by atoms with Crippen LogP contribution in [0.15, 0.2) is 46.1 Å². The summed E-state index contributed by atoms with van der Waals surface area (Å²) in [6.07, 6.45) is 10.0. The standard InChI is InChI=1S/C11H11BrN2O/c1-15-14-7-3-5-9-4-2-6-11(12)10(9)8-13/h2-3,5-7,14H,4H2,1H3/b7-3-,9-5+. The number of hydrogen-bond donors (Lipinski definition) is 1. The number of nitriles is 1. The minimum Gasteiger partial charge on any atom is -0.280 e. The highest BCUT2D eigenvalue weighted by Crippen LogP contribution is 2.27. The molecule has 0 aromatic carbocycles. The van der Waals surface area contributed by atoms with Crippen molar-refractivity contribution >= 4 is 15.9 Å². The second-order valence-corrected chi connectivity index (χ2v) is 3.67.